The van der Waals surface area contributed by atoms with Crippen molar-refractivity contribution in [1.29, 1.82) is 0 Å². The van der Waals surface area contributed by atoms with Gasteiger partial charge < -0.3 is 23.1 Å². The van der Waals surface area contributed by atoms with Gasteiger partial charge in [-0.3, -0.25) is 4.90 Å². The van der Waals surface area contributed by atoms with Gasteiger partial charge in [0.25, 0.3) is 0 Å². The molecule has 0 aliphatic rings. The average molecular weight is 498 g/mol. The van der Waals surface area contributed by atoms with Crippen molar-refractivity contribution in [1.82, 2.24) is 14.7 Å². The fourth-order valence-electron chi connectivity index (χ4n) is 4.39. The summed E-state index contributed by atoms with van der Waals surface area (Å²) in [6.07, 6.45) is 4.95. The van der Waals surface area contributed by atoms with E-state index in [0.29, 0.717) is 0 Å². The Labute approximate surface area is 213 Å². The smallest absolute Gasteiger partial charge is 0.377 e. The maximum Gasteiger partial charge on any atom is 0.500 e. The molecule has 2 aromatic carbocycles. The molecule has 2 aromatic rings. The summed E-state index contributed by atoms with van der Waals surface area (Å²) in [6, 6.07) is 21.7. The third kappa shape index (κ3) is 8.33. The summed E-state index contributed by atoms with van der Waals surface area (Å²) >= 11 is 0. The molecule has 6 nitrogen and oxygen atoms in total. The van der Waals surface area contributed by atoms with Crippen molar-refractivity contribution in [2.75, 3.05) is 27.9 Å². The van der Waals surface area contributed by atoms with E-state index in [0.717, 1.165) is 32.1 Å². The molecule has 0 saturated heterocycles. The Morgan fingerprint density at radius 2 is 1.14 bits per heavy atom. The second-order valence-corrected chi connectivity index (χ2v) is 11.7. The first-order valence-corrected chi connectivity index (χ1v) is 14.1. The highest BCUT2D eigenvalue weighted by Crippen LogP contribution is 2.22. The van der Waals surface area contributed by atoms with Gasteiger partial charge in [0.2, 0.25) is 0 Å². The summed E-state index contributed by atoms with van der Waals surface area (Å²) in [6.45, 7) is 15.1. The van der Waals surface area contributed by atoms with Gasteiger partial charge in [0.15, 0.2) is 0 Å². The van der Waals surface area contributed by atoms with Crippen LogP contribution in [0.2, 0.25) is 6.04 Å². The fraction of sp³-hybridized carbons (Fsp3) is 0.429. The fourth-order valence-corrected chi connectivity index (χ4v) is 6.09. The summed E-state index contributed by atoms with van der Waals surface area (Å²) in [7, 11) is 2.36. The molecule has 0 amide bonds. The van der Waals surface area contributed by atoms with E-state index in [9.17, 15) is 0 Å². The van der Waals surface area contributed by atoms with Crippen LogP contribution in [0, 0.1) is 0 Å². The maximum atomic E-state index is 5.66. The van der Waals surface area contributed by atoms with Crippen LogP contribution in [0.1, 0.15) is 31.4 Å². The molecule has 7 heteroatoms. The van der Waals surface area contributed by atoms with Gasteiger partial charge in [-0.1, -0.05) is 73.8 Å². The van der Waals surface area contributed by atoms with Crippen LogP contribution in [0.5, 0.6) is 0 Å². The predicted octanol–water partition coefficient (Wildman–Crippen LogP) is 5.54. The molecule has 0 N–H and O–H groups in total. The lowest BCUT2D eigenvalue weighted by molar-refractivity contribution is -0.00620. The molecule has 0 aliphatic heterocycles. The van der Waals surface area contributed by atoms with Crippen LogP contribution in [-0.2, 0) is 26.4 Å². The van der Waals surface area contributed by atoms with Crippen molar-refractivity contribution in [3.63, 3.8) is 0 Å². The van der Waals surface area contributed by atoms with Gasteiger partial charge in [0.05, 0.1) is 12.3 Å². The van der Waals surface area contributed by atoms with E-state index < -0.39 is 8.80 Å². The van der Waals surface area contributed by atoms with Crippen LogP contribution in [0.3, 0.4) is 0 Å². The zero-order chi connectivity index (χ0) is 25.7. The highest BCUT2D eigenvalue weighted by molar-refractivity contribution is 6.60. The second-order valence-electron chi connectivity index (χ2n) is 8.58. The molecule has 0 fully saturated rings. The van der Waals surface area contributed by atoms with E-state index in [1.54, 1.807) is 21.3 Å². The minimum Gasteiger partial charge on any atom is -0.377 e. The first kappa shape index (κ1) is 28.8. The normalized spacial score (nSPS) is 13.3. The topological polar surface area (TPSA) is 37.4 Å². The molecule has 2 unspecified atom stereocenters. The van der Waals surface area contributed by atoms with E-state index in [1.165, 1.54) is 11.1 Å². The second kappa shape index (κ2) is 14.9. The van der Waals surface area contributed by atoms with Crippen molar-refractivity contribution in [3.05, 3.63) is 97.3 Å². The third-order valence-corrected chi connectivity index (χ3v) is 9.47. The van der Waals surface area contributed by atoms with Gasteiger partial charge in [-0.25, -0.2) is 0 Å². The summed E-state index contributed by atoms with van der Waals surface area (Å²) in [5, 5.41) is 0. The Morgan fingerprint density at radius 3 is 1.49 bits per heavy atom. The van der Waals surface area contributed by atoms with E-state index in [2.05, 4.69) is 90.2 Å². The van der Waals surface area contributed by atoms with E-state index in [1.807, 2.05) is 24.5 Å². The van der Waals surface area contributed by atoms with Gasteiger partial charge in [0, 0.05) is 47.0 Å². The molecule has 0 saturated carbocycles. The molecule has 0 radical (unpaired) electrons. The summed E-state index contributed by atoms with van der Waals surface area (Å²) in [5.74, 6) is 0. The highest BCUT2D eigenvalue weighted by Gasteiger charge is 2.38. The first-order valence-electron chi connectivity index (χ1n) is 12.2. The van der Waals surface area contributed by atoms with Crippen LogP contribution >= 0.6 is 0 Å². The number of rotatable bonds is 17. The van der Waals surface area contributed by atoms with Crippen molar-refractivity contribution in [3.8, 4) is 0 Å². The van der Waals surface area contributed by atoms with E-state index in [-0.39, 0.29) is 12.3 Å². The van der Waals surface area contributed by atoms with Crippen molar-refractivity contribution >= 4 is 8.80 Å². The monoisotopic (exact) mass is 497 g/mol. The third-order valence-electron chi connectivity index (χ3n) is 6.64. The lowest BCUT2D eigenvalue weighted by atomic mass is 10.2. The molecule has 2 rings (SSSR count). The molecule has 2 atom stereocenters. The maximum absolute atomic E-state index is 5.66. The standard InChI is InChI=1S/C28H43N3O3Si/c1-8-29(23-27-17-12-10-13-18-27)25(3)31(21-16-22-35(32-5,33-6)34-7)26(4)30(9-2)24-28-19-14-11-15-20-28/h8-15,17-20,25-26H,1-2,16,21-24H2,3-7H3. The minimum absolute atomic E-state index is 0.102. The number of hydrogen-bond donors (Lipinski definition) is 0. The van der Waals surface area contributed by atoms with Crippen LogP contribution in [-0.4, -0.2) is 63.7 Å². The lowest BCUT2D eigenvalue weighted by Crippen LogP contribution is -2.54. The molecule has 0 bridgehead atoms. The average Bonchev–Trinajstić information content (AvgIpc) is 2.91. The summed E-state index contributed by atoms with van der Waals surface area (Å²) in [5.41, 5.74) is 2.50. The van der Waals surface area contributed by atoms with Gasteiger partial charge in [-0.05, 0) is 43.8 Å². The molecule has 35 heavy (non-hydrogen) atoms. The Hall–Kier alpha value is -2.42. The van der Waals surface area contributed by atoms with Crippen molar-refractivity contribution in [2.24, 2.45) is 0 Å². The van der Waals surface area contributed by atoms with E-state index in [4.69, 9.17) is 13.3 Å². The first-order chi connectivity index (χ1) is 16.9. The molecular weight excluding hydrogens is 454 g/mol. The highest BCUT2D eigenvalue weighted by atomic mass is 28.4. The van der Waals surface area contributed by atoms with Crippen molar-refractivity contribution < 1.29 is 13.3 Å². The Morgan fingerprint density at radius 1 is 0.743 bits per heavy atom. The quantitative estimate of drug-likeness (QED) is 0.211. The van der Waals surface area contributed by atoms with Gasteiger partial charge >= 0.3 is 8.80 Å². The van der Waals surface area contributed by atoms with Gasteiger partial charge in [-0.2, -0.15) is 0 Å². The van der Waals surface area contributed by atoms with Crippen LogP contribution < -0.4 is 0 Å². The van der Waals surface area contributed by atoms with Gasteiger partial charge in [-0.15, -0.1) is 0 Å². The molecule has 192 valence electrons. The van der Waals surface area contributed by atoms with E-state index >= 15 is 0 Å². The Bertz CT molecular complexity index is 797. The Kier molecular flexibility index (Phi) is 12.2. The van der Waals surface area contributed by atoms with Crippen LogP contribution in [0.15, 0.2) is 86.2 Å². The minimum atomic E-state index is -2.64. The summed E-state index contributed by atoms with van der Waals surface area (Å²) in [4.78, 5) is 7.04. The molecule has 0 spiro atoms. The van der Waals surface area contributed by atoms with Crippen molar-refractivity contribution in [2.45, 2.75) is 51.7 Å². The number of benzene rings is 2. The van der Waals surface area contributed by atoms with Crippen LogP contribution in [0.4, 0.5) is 0 Å². The Balaban J connectivity index is 2.24. The predicted molar refractivity (Wildman–Crippen MR) is 146 cm³/mol. The summed E-state index contributed by atoms with van der Waals surface area (Å²) < 4.78 is 17.0. The zero-order valence-corrected chi connectivity index (χ0v) is 23.1. The largest absolute Gasteiger partial charge is 0.500 e. The zero-order valence-electron chi connectivity index (χ0n) is 22.1. The number of nitrogens with zero attached hydrogens (tertiary/aromatic N) is 3. The van der Waals surface area contributed by atoms with Crippen LogP contribution in [0.25, 0.3) is 0 Å². The SMILES string of the molecule is C=CN(Cc1ccccc1)C(C)N(CCC[Si](OC)(OC)OC)C(C)N(C=C)Cc1ccccc1. The molecule has 0 heterocycles. The van der Waals surface area contributed by atoms with Gasteiger partial charge in [0.1, 0.15) is 0 Å². The molecule has 0 aliphatic carbocycles. The molecular formula is C28H43N3O3Si. The molecule has 0 aromatic heterocycles. The lowest BCUT2D eigenvalue weighted by Gasteiger charge is -2.44. The number of hydrogen-bond acceptors (Lipinski definition) is 6.